The van der Waals surface area contributed by atoms with E-state index in [1.165, 1.54) is 39.3 Å². The van der Waals surface area contributed by atoms with Gasteiger partial charge in [-0.3, -0.25) is 4.57 Å². The first kappa shape index (κ1) is 26.7. The standard InChI is InChI=1S/C40H35N3/c1-5-15-36-28(2)42(39(41-36)29-16-8-6-9-17-29)33-21-14-18-30(26-33)31-24-25-38-35(27-31)40(3,4)34-22-12-13-23-37(34)43(38)32-19-10-7-11-20-32/h5-27H,1-4H3. The largest absolute Gasteiger partial charge is 0.310 e. The van der Waals surface area contributed by atoms with Gasteiger partial charge in [0, 0.05) is 28.0 Å². The summed E-state index contributed by atoms with van der Waals surface area (Å²) in [5.74, 6) is 0.949. The zero-order chi connectivity index (χ0) is 29.6. The van der Waals surface area contributed by atoms with Crippen LogP contribution in [0.2, 0.25) is 0 Å². The van der Waals surface area contributed by atoms with Crippen LogP contribution in [0.4, 0.5) is 17.1 Å². The van der Waals surface area contributed by atoms with Crippen LogP contribution in [0.25, 0.3) is 34.3 Å². The summed E-state index contributed by atoms with van der Waals surface area (Å²) in [6.07, 6.45) is 4.14. The summed E-state index contributed by atoms with van der Waals surface area (Å²) in [6, 6.07) is 45.7. The highest BCUT2D eigenvalue weighted by molar-refractivity contribution is 5.87. The molecular formula is C40H35N3. The Bertz CT molecular complexity index is 1960. The van der Waals surface area contributed by atoms with Crippen molar-refractivity contribution in [2.75, 3.05) is 4.90 Å². The van der Waals surface area contributed by atoms with Crippen LogP contribution < -0.4 is 4.90 Å². The number of anilines is 3. The third kappa shape index (κ3) is 4.49. The van der Waals surface area contributed by atoms with Gasteiger partial charge in [-0.1, -0.05) is 105 Å². The van der Waals surface area contributed by atoms with Crippen molar-refractivity contribution in [3.05, 3.63) is 156 Å². The number of allylic oxidation sites excluding steroid dienone is 1. The maximum absolute atomic E-state index is 5.05. The van der Waals surface area contributed by atoms with Crippen molar-refractivity contribution in [1.29, 1.82) is 0 Å². The molecule has 0 bridgehead atoms. The lowest BCUT2D eigenvalue weighted by Gasteiger charge is -2.42. The number of benzene rings is 5. The predicted octanol–water partition coefficient (Wildman–Crippen LogP) is 10.7. The van der Waals surface area contributed by atoms with Gasteiger partial charge in [0.25, 0.3) is 0 Å². The van der Waals surface area contributed by atoms with Gasteiger partial charge in [0.15, 0.2) is 0 Å². The lowest BCUT2D eigenvalue weighted by atomic mass is 9.73. The van der Waals surface area contributed by atoms with Crippen LogP contribution in [0.3, 0.4) is 0 Å². The molecule has 3 nitrogen and oxygen atoms in total. The Morgan fingerprint density at radius 3 is 2.00 bits per heavy atom. The summed E-state index contributed by atoms with van der Waals surface area (Å²) in [5, 5.41) is 0. The Morgan fingerprint density at radius 1 is 0.605 bits per heavy atom. The molecule has 1 aromatic heterocycles. The second-order valence-electron chi connectivity index (χ2n) is 11.7. The van der Waals surface area contributed by atoms with Crippen molar-refractivity contribution in [2.24, 2.45) is 0 Å². The maximum atomic E-state index is 5.05. The predicted molar refractivity (Wildman–Crippen MR) is 181 cm³/mol. The summed E-state index contributed by atoms with van der Waals surface area (Å²) in [7, 11) is 0. The van der Waals surface area contributed by atoms with E-state index in [0.29, 0.717) is 0 Å². The van der Waals surface area contributed by atoms with Gasteiger partial charge in [-0.25, -0.2) is 4.98 Å². The third-order valence-corrected chi connectivity index (χ3v) is 8.68. The Labute approximate surface area is 254 Å². The quantitative estimate of drug-likeness (QED) is 0.210. The monoisotopic (exact) mass is 557 g/mol. The molecule has 0 fully saturated rings. The molecule has 6 aromatic rings. The van der Waals surface area contributed by atoms with Crippen LogP contribution in [0.5, 0.6) is 0 Å². The number of fused-ring (bicyclic) bond motifs is 2. The fraction of sp³-hybridized carbons (Fsp3) is 0.125. The fourth-order valence-electron chi connectivity index (χ4n) is 6.49. The molecule has 210 valence electrons. The molecular weight excluding hydrogens is 522 g/mol. The lowest BCUT2D eigenvalue weighted by Crippen LogP contribution is -2.30. The smallest absolute Gasteiger partial charge is 0.145 e. The average molecular weight is 558 g/mol. The highest BCUT2D eigenvalue weighted by Gasteiger charge is 2.36. The van der Waals surface area contributed by atoms with Crippen molar-refractivity contribution in [1.82, 2.24) is 9.55 Å². The first-order valence-electron chi connectivity index (χ1n) is 14.9. The normalized spacial score (nSPS) is 13.6. The summed E-state index contributed by atoms with van der Waals surface area (Å²) in [5.41, 5.74) is 12.8. The first-order valence-corrected chi connectivity index (χ1v) is 14.9. The van der Waals surface area contributed by atoms with Gasteiger partial charge in [-0.05, 0) is 84.6 Å². The van der Waals surface area contributed by atoms with Crippen LogP contribution in [-0.4, -0.2) is 9.55 Å². The molecule has 1 aliphatic rings. The zero-order valence-electron chi connectivity index (χ0n) is 25.1. The van der Waals surface area contributed by atoms with E-state index < -0.39 is 0 Å². The van der Waals surface area contributed by atoms with Crippen molar-refractivity contribution < 1.29 is 0 Å². The van der Waals surface area contributed by atoms with E-state index in [0.717, 1.165) is 28.5 Å². The number of imidazole rings is 1. The van der Waals surface area contributed by atoms with Crippen molar-refractivity contribution in [2.45, 2.75) is 33.1 Å². The second-order valence-corrected chi connectivity index (χ2v) is 11.7. The molecule has 0 radical (unpaired) electrons. The van der Waals surface area contributed by atoms with Gasteiger partial charge in [0.1, 0.15) is 5.82 Å². The van der Waals surface area contributed by atoms with Gasteiger partial charge < -0.3 is 4.90 Å². The van der Waals surface area contributed by atoms with Gasteiger partial charge >= 0.3 is 0 Å². The number of hydrogen-bond donors (Lipinski definition) is 0. The average Bonchev–Trinajstić information content (AvgIpc) is 3.38. The molecule has 0 aliphatic carbocycles. The van der Waals surface area contributed by atoms with Crippen LogP contribution in [0.15, 0.2) is 133 Å². The first-order chi connectivity index (χ1) is 21.0. The van der Waals surface area contributed by atoms with Crippen LogP contribution >= 0.6 is 0 Å². The Kier molecular flexibility index (Phi) is 6.59. The second kappa shape index (κ2) is 10.6. The van der Waals surface area contributed by atoms with E-state index in [-0.39, 0.29) is 5.41 Å². The van der Waals surface area contributed by atoms with Crippen LogP contribution in [0, 0.1) is 6.92 Å². The number of nitrogens with zero attached hydrogens (tertiary/aromatic N) is 3. The Hall–Kier alpha value is -5.15. The molecule has 7 rings (SSSR count). The van der Waals surface area contributed by atoms with E-state index in [2.05, 4.69) is 164 Å². The minimum Gasteiger partial charge on any atom is -0.310 e. The minimum atomic E-state index is -0.159. The summed E-state index contributed by atoms with van der Waals surface area (Å²) in [4.78, 5) is 7.46. The topological polar surface area (TPSA) is 21.1 Å². The molecule has 0 saturated carbocycles. The summed E-state index contributed by atoms with van der Waals surface area (Å²) in [6.45, 7) is 8.88. The molecule has 0 saturated heterocycles. The van der Waals surface area contributed by atoms with E-state index in [4.69, 9.17) is 4.98 Å². The fourth-order valence-corrected chi connectivity index (χ4v) is 6.49. The highest BCUT2D eigenvalue weighted by atomic mass is 15.2. The molecule has 0 N–H and O–H groups in total. The molecule has 3 heteroatoms. The number of para-hydroxylation sites is 2. The van der Waals surface area contributed by atoms with E-state index in [1.54, 1.807) is 0 Å². The van der Waals surface area contributed by atoms with Crippen LogP contribution in [0.1, 0.15) is 43.3 Å². The maximum Gasteiger partial charge on any atom is 0.145 e. The van der Waals surface area contributed by atoms with E-state index >= 15 is 0 Å². The number of rotatable bonds is 5. The zero-order valence-corrected chi connectivity index (χ0v) is 25.1. The SMILES string of the molecule is CC=Cc1nc(-c2ccccc2)n(-c2cccc(-c3ccc4c(c3)C(C)(C)c3ccccc3N4c3ccccc3)c2)c1C. The van der Waals surface area contributed by atoms with Gasteiger partial charge in [-0.2, -0.15) is 0 Å². The summed E-state index contributed by atoms with van der Waals surface area (Å²) >= 11 is 0. The molecule has 43 heavy (non-hydrogen) atoms. The van der Waals surface area contributed by atoms with Gasteiger partial charge in [-0.15, -0.1) is 0 Å². The molecule has 2 heterocycles. The number of hydrogen-bond acceptors (Lipinski definition) is 2. The van der Waals surface area contributed by atoms with Crippen LogP contribution in [-0.2, 0) is 5.41 Å². The van der Waals surface area contributed by atoms with Gasteiger partial charge in [0.2, 0.25) is 0 Å². The van der Waals surface area contributed by atoms with Crippen molar-refractivity contribution in [3.8, 4) is 28.2 Å². The molecule has 0 unspecified atom stereocenters. The Morgan fingerprint density at radius 2 is 1.23 bits per heavy atom. The van der Waals surface area contributed by atoms with E-state index in [9.17, 15) is 0 Å². The van der Waals surface area contributed by atoms with Crippen molar-refractivity contribution >= 4 is 23.1 Å². The molecule has 0 atom stereocenters. The highest BCUT2D eigenvalue weighted by Crippen LogP contribution is 2.52. The summed E-state index contributed by atoms with van der Waals surface area (Å²) < 4.78 is 2.28. The third-order valence-electron chi connectivity index (χ3n) is 8.68. The van der Waals surface area contributed by atoms with Gasteiger partial charge in [0.05, 0.1) is 17.1 Å². The van der Waals surface area contributed by atoms with Crippen molar-refractivity contribution in [3.63, 3.8) is 0 Å². The Balaban J connectivity index is 1.38. The lowest BCUT2D eigenvalue weighted by molar-refractivity contribution is 0.632. The minimum absolute atomic E-state index is 0.159. The van der Waals surface area contributed by atoms with E-state index in [1.807, 2.05) is 13.0 Å². The molecule has 1 aliphatic heterocycles. The molecule has 5 aromatic carbocycles. The number of aromatic nitrogens is 2. The molecule has 0 spiro atoms. The molecule has 0 amide bonds.